The predicted octanol–water partition coefficient (Wildman–Crippen LogP) is 2.26. The average Bonchev–Trinajstić information content (AvgIpc) is 2.53. The Bertz CT molecular complexity index is 201. The molecule has 0 amide bonds. The summed E-state index contributed by atoms with van der Waals surface area (Å²) in [5.41, 5.74) is 0. The molecule has 0 spiro atoms. The molecule has 0 aromatic carbocycles. The van der Waals surface area contributed by atoms with E-state index in [1.165, 1.54) is 0 Å². The molecule has 1 N–H and O–H groups in total. The molecule has 72 valence electrons. The fourth-order valence-corrected chi connectivity index (χ4v) is 1.49. The summed E-state index contributed by atoms with van der Waals surface area (Å²) in [6, 6.07) is 0. The Morgan fingerprint density at radius 3 is 2.58 bits per heavy atom. The minimum absolute atomic E-state index is 0. The summed E-state index contributed by atoms with van der Waals surface area (Å²) >= 11 is 1.87. The van der Waals surface area contributed by atoms with E-state index in [4.69, 9.17) is 0 Å². The monoisotopic (exact) mass is 365 g/mol. The van der Waals surface area contributed by atoms with Crippen molar-refractivity contribution in [1.29, 1.82) is 0 Å². The molecule has 2 unspecified atom stereocenters. The molecule has 0 saturated heterocycles. The minimum atomic E-state index is 0. The van der Waals surface area contributed by atoms with Crippen molar-refractivity contribution in [2.24, 2.45) is 0 Å². The third-order valence-electron chi connectivity index (χ3n) is 2.03. The zero-order valence-electron chi connectivity index (χ0n) is 7.48. The van der Waals surface area contributed by atoms with E-state index in [-0.39, 0.29) is 21.1 Å². The minimum Gasteiger partial charge on any atom is -0.348 e. The maximum absolute atomic E-state index is 4.22. The molecule has 4 heteroatoms. The summed E-state index contributed by atoms with van der Waals surface area (Å²) in [5, 5.41) is 0.626. The van der Waals surface area contributed by atoms with Gasteiger partial charge in [0.2, 0.25) is 0 Å². The number of rotatable bonds is 3. The number of nitrogens with one attached hydrogen (secondary N) is 1. The number of hydrogen-bond donors (Lipinski definition) is 1. The van der Waals surface area contributed by atoms with Gasteiger partial charge in [0.25, 0.3) is 0 Å². The van der Waals surface area contributed by atoms with Crippen molar-refractivity contribution >= 4 is 11.8 Å². The van der Waals surface area contributed by atoms with Gasteiger partial charge in [-0.3, -0.25) is 0 Å². The molecule has 2 atom stereocenters. The summed E-state index contributed by atoms with van der Waals surface area (Å²) in [7, 11) is 0. The number of nitrogens with zero attached hydrogens (tertiary/aromatic N) is 1. The van der Waals surface area contributed by atoms with Gasteiger partial charge in [0.1, 0.15) is 5.82 Å². The van der Waals surface area contributed by atoms with Crippen LogP contribution < -0.4 is 0 Å². The molecule has 0 fully saturated rings. The fourth-order valence-electron chi connectivity index (χ4n) is 0.953. The van der Waals surface area contributed by atoms with Crippen LogP contribution in [0.4, 0.5) is 0 Å². The van der Waals surface area contributed by atoms with Crippen molar-refractivity contribution in [2.75, 3.05) is 6.26 Å². The van der Waals surface area contributed by atoms with E-state index in [0.717, 1.165) is 5.82 Å². The number of thioether (sulfide) groups is 1. The number of hydrogen-bond acceptors (Lipinski definition) is 2. The maximum Gasteiger partial charge on any atom is 0.109 e. The molecule has 1 rings (SSSR count). The molecule has 2 nitrogen and oxygen atoms in total. The van der Waals surface area contributed by atoms with E-state index < -0.39 is 0 Å². The standard InChI is InChI=1S/C8H14N2S.Pt/c1-6(7(2)11-3)8-9-4-5-10-8;/h4-7H,1-3H3,(H,9,10);. The molecule has 0 aliphatic rings. The van der Waals surface area contributed by atoms with Gasteiger partial charge in [0.05, 0.1) is 0 Å². The normalized spacial score (nSPS) is 14.9. The first-order valence-electron chi connectivity index (χ1n) is 3.77. The Morgan fingerprint density at radius 2 is 2.17 bits per heavy atom. The van der Waals surface area contributed by atoms with Gasteiger partial charge >= 0.3 is 0 Å². The van der Waals surface area contributed by atoms with Gasteiger partial charge in [-0.1, -0.05) is 13.8 Å². The van der Waals surface area contributed by atoms with E-state index in [2.05, 4.69) is 30.1 Å². The first kappa shape index (κ1) is 12.2. The molecule has 1 aromatic heterocycles. The van der Waals surface area contributed by atoms with Gasteiger partial charge in [-0.2, -0.15) is 11.8 Å². The largest absolute Gasteiger partial charge is 0.348 e. The molecule has 0 aliphatic carbocycles. The Balaban J connectivity index is 0.00000121. The van der Waals surface area contributed by atoms with Crippen LogP contribution in [-0.4, -0.2) is 21.5 Å². The third-order valence-corrected chi connectivity index (χ3v) is 3.18. The van der Waals surface area contributed by atoms with Crippen molar-refractivity contribution in [1.82, 2.24) is 9.97 Å². The van der Waals surface area contributed by atoms with Crippen LogP contribution in [-0.2, 0) is 21.1 Å². The summed E-state index contributed by atoms with van der Waals surface area (Å²) in [4.78, 5) is 7.34. The van der Waals surface area contributed by atoms with Crippen molar-refractivity contribution in [2.45, 2.75) is 25.0 Å². The molecule has 0 radical (unpaired) electrons. The van der Waals surface area contributed by atoms with Crippen LogP contribution in [0.15, 0.2) is 12.4 Å². The molecule has 0 saturated carbocycles. The zero-order valence-corrected chi connectivity index (χ0v) is 10.6. The van der Waals surface area contributed by atoms with Crippen LogP contribution in [0.5, 0.6) is 0 Å². The van der Waals surface area contributed by atoms with Gasteiger partial charge in [-0.25, -0.2) is 4.98 Å². The van der Waals surface area contributed by atoms with Crippen LogP contribution in [0, 0.1) is 0 Å². The second kappa shape index (κ2) is 5.82. The SMILES string of the molecule is CSC(C)C(C)c1ncc[nH]1.[Pt]. The predicted molar refractivity (Wildman–Crippen MR) is 50.0 cm³/mol. The van der Waals surface area contributed by atoms with Gasteiger partial charge in [-0.05, 0) is 6.26 Å². The number of H-pyrrole nitrogens is 1. The van der Waals surface area contributed by atoms with Crippen LogP contribution >= 0.6 is 11.8 Å². The molecule has 1 heterocycles. The smallest absolute Gasteiger partial charge is 0.109 e. The quantitative estimate of drug-likeness (QED) is 0.890. The Hall–Kier alpha value is 0.248. The maximum atomic E-state index is 4.22. The first-order chi connectivity index (χ1) is 5.25. The van der Waals surface area contributed by atoms with Crippen LogP contribution in [0.3, 0.4) is 0 Å². The van der Waals surface area contributed by atoms with Crippen LogP contribution in [0.25, 0.3) is 0 Å². The van der Waals surface area contributed by atoms with E-state index in [1.54, 1.807) is 6.20 Å². The van der Waals surface area contributed by atoms with Crippen LogP contribution in [0.2, 0.25) is 0 Å². The van der Waals surface area contributed by atoms with Gasteiger partial charge < -0.3 is 4.98 Å². The summed E-state index contributed by atoms with van der Waals surface area (Å²) in [5.74, 6) is 1.60. The Labute approximate surface area is 92.2 Å². The third kappa shape index (κ3) is 2.95. The molecular weight excluding hydrogens is 351 g/mol. The summed E-state index contributed by atoms with van der Waals surface area (Å²) < 4.78 is 0. The van der Waals surface area contributed by atoms with Crippen molar-refractivity contribution < 1.29 is 21.1 Å². The van der Waals surface area contributed by atoms with E-state index in [1.807, 2.05) is 18.0 Å². The fraction of sp³-hybridized carbons (Fsp3) is 0.625. The van der Waals surface area contributed by atoms with Crippen molar-refractivity contribution in [3.05, 3.63) is 18.2 Å². The second-order valence-corrected chi connectivity index (χ2v) is 3.92. The Morgan fingerprint density at radius 1 is 1.50 bits per heavy atom. The topological polar surface area (TPSA) is 28.7 Å². The molecule has 12 heavy (non-hydrogen) atoms. The van der Waals surface area contributed by atoms with Crippen molar-refractivity contribution in [3.63, 3.8) is 0 Å². The molecule has 1 aromatic rings. The van der Waals surface area contributed by atoms with E-state index in [0.29, 0.717) is 11.2 Å². The van der Waals surface area contributed by atoms with Gasteiger partial charge in [-0.15, -0.1) is 0 Å². The molecular formula is C8H14N2PtS. The van der Waals surface area contributed by atoms with Gasteiger partial charge in [0, 0.05) is 44.6 Å². The number of imidazole rings is 1. The van der Waals surface area contributed by atoms with Gasteiger partial charge in [0.15, 0.2) is 0 Å². The van der Waals surface area contributed by atoms with E-state index >= 15 is 0 Å². The Kier molecular flexibility index (Phi) is 5.94. The molecule has 0 bridgehead atoms. The number of aromatic amines is 1. The van der Waals surface area contributed by atoms with Crippen molar-refractivity contribution in [3.8, 4) is 0 Å². The number of aromatic nitrogens is 2. The first-order valence-corrected chi connectivity index (χ1v) is 5.06. The zero-order chi connectivity index (χ0) is 8.27. The summed E-state index contributed by atoms with van der Waals surface area (Å²) in [6.07, 6.45) is 5.81. The van der Waals surface area contributed by atoms with Crippen LogP contribution in [0.1, 0.15) is 25.6 Å². The average molecular weight is 365 g/mol. The second-order valence-electron chi connectivity index (χ2n) is 2.70. The molecule has 0 aliphatic heterocycles. The van der Waals surface area contributed by atoms with E-state index in [9.17, 15) is 0 Å². The summed E-state index contributed by atoms with van der Waals surface area (Å²) in [6.45, 7) is 4.41.